The van der Waals surface area contributed by atoms with Gasteiger partial charge in [0.1, 0.15) is 5.82 Å². The van der Waals surface area contributed by atoms with Gasteiger partial charge in [-0.15, -0.1) is 0 Å². The number of halogens is 2. The van der Waals surface area contributed by atoms with Gasteiger partial charge < -0.3 is 5.73 Å². The summed E-state index contributed by atoms with van der Waals surface area (Å²) in [5.74, 6) is 0.391. The van der Waals surface area contributed by atoms with E-state index in [2.05, 4.69) is 10.1 Å². The average Bonchev–Trinajstić information content (AvgIpc) is 2.62. The summed E-state index contributed by atoms with van der Waals surface area (Å²) in [6.45, 7) is -0.959. The molecular formula is C10H10F2N4. The quantitative estimate of drug-likeness (QED) is 0.850. The van der Waals surface area contributed by atoms with Crippen molar-refractivity contribution in [1.82, 2.24) is 14.8 Å². The lowest BCUT2D eigenvalue weighted by Gasteiger charge is -1.98. The van der Waals surface area contributed by atoms with Gasteiger partial charge in [-0.3, -0.25) is 0 Å². The Hall–Kier alpha value is -1.98. The standard InChI is InChI=1S/C10H10F2N4/c1-6-8(5-16(15-6)10(11)12)7-2-3-9(13)14-4-7/h2-5,10H,1H3,(H2,13,14). The Labute approximate surface area is 90.7 Å². The highest BCUT2D eigenvalue weighted by molar-refractivity contribution is 5.64. The zero-order valence-corrected chi connectivity index (χ0v) is 8.56. The molecule has 0 fully saturated rings. The Morgan fingerprint density at radius 1 is 1.38 bits per heavy atom. The highest BCUT2D eigenvalue weighted by Crippen LogP contribution is 2.24. The first kappa shape index (κ1) is 10.5. The molecule has 0 saturated heterocycles. The van der Waals surface area contributed by atoms with Crippen molar-refractivity contribution >= 4 is 5.82 Å². The second-order valence-corrected chi connectivity index (χ2v) is 3.36. The maximum Gasteiger partial charge on any atom is 0.333 e. The molecule has 0 aliphatic rings. The lowest BCUT2D eigenvalue weighted by molar-refractivity contribution is 0.0563. The molecule has 0 aliphatic carbocycles. The number of aryl methyl sites for hydroxylation is 1. The van der Waals surface area contributed by atoms with Crippen LogP contribution in [0.25, 0.3) is 11.1 Å². The third kappa shape index (κ3) is 1.86. The normalized spacial score (nSPS) is 11.0. The van der Waals surface area contributed by atoms with Gasteiger partial charge in [-0.2, -0.15) is 13.9 Å². The molecule has 2 aromatic heterocycles. The topological polar surface area (TPSA) is 56.7 Å². The molecule has 4 nitrogen and oxygen atoms in total. The number of nitrogens with zero attached hydrogens (tertiary/aromatic N) is 3. The van der Waals surface area contributed by atoms with Crippen molar-refractivity contribution in [2.75, 3.05) is 5.73 Å². The van der Waals surface area contributed by atoms with Crippen molar-refractivity contribution in [2.24, 2.45) is 0 Å². The van der Waals surface area contributed by atoms with Gasteiger partial charge in [0.2, 0.25) is 0 Å². The second kappa shape index (κ2) is 3.88. The number of nitrogen functional groups attached to an aromatic ring is 1. The van der Waals surface area contributed by atoms with Crippen LogP contribution in [0.1, 0.15) is 12.2 Å². The number of aromatic nitrogens is 3. The summed E-state index contributed by atoms with van der Waals surface area (Å²) in [6.07, 6.45) is 2.84. The predicted octanol–water partition coefficient (Wildman–Crippen LogP) is 2.23. The minimum absolute atomic E-state index is 0.391. The molecule has 0 spiro atoms. The van der Waals surface area contributed by atoms with Gasteiger partial charge in [0, 0.05) is 23.5 Å². The van der Waals surface area contributed by atoms with E-state index in [1.165, 1.54) is 12.4 Å². The summed E-state index contributed by atoms with van der Waals surface area (Å²) in [5.41, 5.74) is 7.33. The summed E-state index contributed by atoms with van der Waals surface area (Å²) in [5, 5.41) is 3.72. The number of nitrogens with two attached hydrogens (primary N) is 1. The third-order valence-electron chi connectivity index (χ3n) is 2.21. The van der Waals surface area contributed by atoms with Crippen LogP contribution in [-0.4, -0.2) is 14.8 Å². The summed E-state index contributed by atoms with van der Waals surface area (Å²) in [6, 6.07) is 3.34. The Kier molecular flexibility index (Phi) is 2.55. The van der Waals surface area contributed by atoms with E-state index in [0.717, 1.165) is 5.56 Å². The molecule has 0 unspecified atom stereocenters. The fraction of sp³-hybridized carbons (Fsp3) is 0.200. The van der Waals surface area contributed by atoms with Crippen LogP contribution >= 0.6 is 0 Å². The molecule has 6 heteroatoms. The molecule has 0 atom stereocenters. The van der Waals surface area contributed by atoms with E-state index >= 15 is 0 Å². The number of hydrogen-bond acceptors (Lipinski definition) is 3. The molecule has 0 saturated carbocycles. The molecule has 0 aliphatic heterocycles. The van der Waals surface area contributed by atoms with Crippen LogP contribution in [0.4, 0.5) is 14.6 Å². The van der Waals surface area contributed by atoms with Crippen molar-refractivity contribution in [3.05, 3.63) is 30.2 Å². The van der Waals surface area contributed by atoms with Crippen LogP contribution in [0.3, 0.4) is 0 Å². The van der Waals surface area contributed by atoms with Gasteiger partial charge in [0.05, 0.1) is 5.69 Å². The van der Waals surface area contributed by atoms with E-state index in [9.17, 15) is 8.78 Å². The van der Waals surface area contributed by atoms with Gasteiger partial charge in [-0.05, 0) is 19.1 Å². The van der Waals surface area contributed by atoms with Crippen LogP contribution in [0.15, 0.2) is 24.5 Å². The summed E-state index contributed by atoms with van der Waals surface area (Å²) in [4.78, 5) is 3.90. The molecular weight excluding hydrogens is 214 g/mol. The maximum absolute atomic E-state index is 12.4. The number of rotatable bonds is 2. The van der Waals surface area contributed by atoms with Crippen molar-refractivity contribution in [3.8, 4) is 11.1 Å². The summed E-state index contributed by atoms with van der Waals surface area (Å²) >= 11 is 0. The molecule has 16 heavy (non-hydrogen) atoms. The van der Waals surface area contributed by atoms with E-state index in [1.54, 1.807) is 19.1 Å². The third-order valence-corrected chi connectivity index (χ3v) is 2.21. The number of pyridine rings is 1. The van der Waals surface area contributed by atoms with Crippen LogP contribution in [0.2, 0.25) is 0 Å². The van der Waals surface area contributed by atoms with E-state index < -0.39 is 6.55 Å². The Morgan fingerprint density at radius 3 is 2.62 bits per heavy atom. The molecule has 0 bridgehead atoms. The molecule has 0 aromatic carbocycles. The minimum Gasteiger partial charge on any atom is -0.384 e. The zero-order valence-electron chi connectivity index (χ0n) is 8.56. The summed E-state index contributed by atoms with van der Waals surface area (Å²) < 4.78 is 25.4. The number of hydrogen-bond donors (Lipinski definition) is 1. The smallest absolute Gasteiger partial charge is 0.333 e. The number of anilines is 1. The van der Waals surface area contributed by atoms with Gasteiger partial charge in [0.15, 0.2) is 0 Å². The van der Waals surface area contributed by atoms with Gasteiger partial charge in [-0.1, -0.05) is 0 Å². The first-order valence-corrected chi connectivity index (χ1v) is 4.63. The maximum atomic E-state index is 12.4. The van der Waals surface area contributed by atoms with Crippen LogP contribution < -0.4 is 5.73 Å². The van der Waals surface area contributed by atoms with Crippen LogP contribution in [0, 0.1) is 6.92 Å². The van der Waals surface area contributed by atoms with E-state index in [1.807, 2.05) is 0 Å². The highest BCUT2D eigenvalue weighted by Gasteiger charge is 2.12. The van der Waals surface area contributed by atoms with Crippen LogP contribution in [-0.2, 0) is 0 Å². The van der Waals surface area contributed by atoms with E-state index in [-0.39, 0.29) is 0 Å². The van der Waals surface area contributed by atoms with Gasteiger partial charge in [-0.25, -0.2) is 9.67 Å². The van der Waals surface area contributed by atoms with Crippen molar-refractivity contribution in [2.45, 2.75) is 13.5 Å². The molecule has 2 rings (SSSR count). The second-order valence-electron chi connectivity index (χ2n) is 3.36. The monoisotopic (exact) mass is 224 g/mol. The molecule has 0 amide bonds. The minimum atomic E-state index is -2.63. The molecule has 2 N–H and O–H groups in total. The fourth-order valence-electron chi connectivity index (χ4n) is 1.43. The fourth-order valence-corrected chi connectivity index (χ4v) is 1.43. The van der Waals surface area contributed by atoms with Crippen LogP contribution in [0.5, 0.6) is 0 Å². The Morgan fingerprint density at radius 2 is 2.12 bits per heavy atom. The van der Waals surface area contributed by atoms with Gasteiger partial charge in [0.25, 0.3) is 0 Å². The Bertz CT molecular complexity index is 490. The van der Waals surface area contributed by atoms with Crippen molar-refractivity contribution in [3.63, 3.8) is 0 Å². The van der Waals surface area contributed by atoms with Crippen molar-refractivity contribution < 1.29 is 8.78 Å². The number of alkyl halides is 2. The zero-order chi connectivity index (χ0) is 11.7. The first-order chi connectivity index (χ1) is 7.58. The van der Waals surface area contributed by atoms with Crippen molar-refractivity contribution in [1.29, 1.82) is 0 Å². The Balaban J connectivity index is 2.44. The van der Waals surface area contributed by atoms with E-state index in [0.29, 0.717) is 21.8 Å². The lowest BCUT2D eigenvalue weighted by atomic mass is 10.1. The molecule has 0 radical (unpaired) electrons. The van der Waals surface area contributed by atoms with Gasteiger partial charge >= 0.3 is 6.55 Å². The lowest BCUT2D eigenvalue weighted by Crippen LogP contribution is -1.97. The molecule has 2 heterocycles. The predicted molar refractivity (Wildman–Crippen MR) is 55.9 cm³/mol. The SMILES string of the molecule is Cc1nn(C(F)F)cc1-c1ccc(N)nc1. The average molecular weight is 224 g/mol. The molecule has 84 valence electrons. The first-order valence-electron chi connectivity index (χ1n) is 4.63. The largest absolute Gasteiger partial charge is 0.384 e. The van der Waals surface area contributed by atoms with E-state index in [4.69, 9.17) is 5.73 Å². The highest BCUT2D eigenvalue weighted by atomic mass is 19.3. The molecule has 2 aromatic rings. The summed E-state index contributed by atoms with van der Waals surface area (Å²) in [7, 11) is 0.